The van der Waals surface area contributed by atoms with Gasteiger partial charge in [-0.15, -0.1) is 0 Å². The van der Waals surface area contributed by atoms with Crippen LogP contribution >= 0.6 is 11.3 Å². The molecule has 108 valence electrons. The van der Waals surface area contributed by atoms with E-state index >= 15 is 0 Å². The molecule has 2 rings (SSSR count). The Kier molecular flexibility index (Phi) is 5.95. The Balaban J connectivity index is 1.75. The Bertz CT molecular complexity index is 640. The van der Waals surface area contributed by atoms with E-state index in [1.807, 2.05) is 18.2 Å². The van der Waals surface area contributed by atoms with Gasteiger partial charge in [-0.2, -0.15) is 0 Å². The lowest BCUT2D eigenvalue weighted by molar-refractivity contribution is -0.116. The molecule has 0 unspecified atom stereocenters. The summed E-state index contributed by atoms with van der Waals surface area (Å²) in [6.07, 6.45) is 3.85. The van der Waals surface area contributed by atoms with Crippen LogP contribution in [0, 0.1) is 11.8 Å². The van der Waals surface area contributed by atoms with E-state index in [1.54, 1.807) is 6.20 Å². The van der Waals surface area contributed by atoms with Crippen LogP contribution in [0.5, 0.6) is 0 Å². The molecule has 21 heavy (non-hydrogen) atoms. The number of carbonyl (C=O) groups is 1. The number of carbonyl (C=O) groups excluding carboxylic acids is 1. The lowest BCUT2D eigenvalue weighted by Gasteiger charge is -2.02. The zero-order valence-electron chi connectivity index (χ0n) is 11.6. The molecule has 3 N–H and O–H groups in total. The molecule has 0 atom stereocenters. The molecule has 1 heterocycles. The molecular weight excluding hydrogens is 282 g/mol. The predicted octanol–water partition coefficient (Wildman–Crippen LogP) is 2.41. The number of anilines is 1. The van der Waals surface area contributed by atoms with Gasteiger partial charge in [0, 0.05) is 6.42 Å². The predicted molar refractivity (Wildman–Crippen MR) is 86.1 cm³/mol. The van der Waals surface area contributed by atoms with Crippen molar-refractivity contribution in [2.24, 2.45) is 5.73 Å². The highest BCUT2D eigenvalue weighted by Gasteiger charge is 2.06. The van der Waals surface area contributed by atoms with Gasteiger partial charge in [-0.05, 0) is 18.4 Å². The van der Waals surface area contributed by atoms with Crippen LogP contribution in [0.15, 0.2) is 36.5 Å². The van der Waals surface area contributed by atoms with Gasteiger partial charge >= 0.3 is 0 Å². The van der Waals surface area contributed by atoms with Gasteiger partial charge in [0.25, 0.3) is 0 Å². The van der Waals surface area contributed by atoms with Gasteiger partial charge in [-0.3, -0.25) is 4.79 Å². The zero-order valence-corrected chi connectivity index (χ0v) is 12.5. The first-order valence-corrected chi connectivity index (χ1v) is 7.58. The number of amides is 1. The minimum Gasteiger partial charge on any atom is -0.320 e. The van der Waals surface area contributed by atoms with Crippen LogP contribution in [-0.4, -0.2) is 17.4 Å². The molecule has 0 aliphatic rings. The van der Waals surface area contributed by atoms with Crippen molar-refractivity contribution in [3.63, 3.8) is 0 Å². The molecule has 0 aliphatic carbocycles. The highest BCUT2D eigenvalue weighted by molar-refractivity contribution is 7.16. The summed E-state index contributed by atoms with van der Waals surface area (Å²) in [7, 11) is 0. The molecule has 1 amide bonds. The molecule has 1 aromatic carbocycles. The molecular formula is C16H17N3OS. The van der Waals surface area contributed by atoms with Gasteiger partial charge in [0.05, 0.1) is 17.6 Å². The Morgan fingerprint density at radius 2 is 2.14 bits per heavy atom. The van der Waals surface area contributed by atoms with Gasteiger partial charge in [0.1, 0.15) is 0 Å². The smallest absolute Gasteiger partial charge is 0.226 e. The fourth-order valence-corrected chi connectivity index (χ4v) is 2.51. The van der Waals surface area contributed by atoms with Gasteiger partial charge < -0.3 is 11.1 Å². The maximum atomic E-state index is 11.8. The number of benzene rings is 1. The lowest BCUT2D eigenvalue weighted by atomic mass is 10.1. The maximum Gasteiger partial charge on any atom is 0.226 e. The monoisotopic (exact) mass is 299 g/mol. The Labute approximate surface area is 128 Å². The Hall–Kier alpha value is -2.16. The van der Waals surface area contributed by atoms with Crippen molar-refractivity contribution >= 4 is 22.4 Å². The van der Waals surface area contributed by atoms with Gasteiger partial charge in [0.15, 0.2) is 5.13 Å². The molecule has 0 aliphatic heterocycles. The number of nitrogens with zero attached hydrogens (tertiary/aromatic N) is 1. The largest absolute Gasteiger partial charge is 0.320 e. The molecule has 2 aromatic rings. The quantitative estimate of drug-likeness (QED) is 0.833. The third-order valence-corrected chi connectivity index (χ3v) is 3.61. The number of hydrogen-bond acceptors (Lipinski definition) is 4. The average molecular weight is 299 g/mol. The SMILES string of the molecule is NCC#Cc1cnc(NC(=O)CCCc2ccccc2)s1. The number of aromatic nitrogens is 1. The molecule has 4 nitrogen and oxygen atoms in total. The number of rotatable bonds is 5. The van der Waals surface area contributed by atoms with E-state index < -0.39 is 0 Å². The molecule has 0 bridgehead atoms. The highest BCUT2D eigenvalue weighted by Crippen LogP contribution is 2.17. The van der Waals surface area contributed by atoms with Crippen molar-refractivity contribution in [1.29, 1.82) is 0 Å². The van der Waals surface area contributed by atoms with Gasteiger partial charge in [-0.25, -0.2) is 4.98 Å². The third kappa shape index (κ3) is 5.38. The second-order valence-electron chi connectivity index (χ2n) is 4.42. The summed E-state index contributed by atoms with van der Waals surface area (Å²) in [5, 5.41) is 3.38. The first kappa shape index (κ1) is 15.2. The third-order valence-electron chi connectivity index (χ3n) is 2.78. The Morgan fingerprint density at radius 3 is 2.90 bits per heavy atom. The number of thiazole rings is 1. The Morgan fingerprint density at radius 1 is 1.33 bits per heavy atom. The van der Waals surface area contributed by atoms with E-state index in [0.717, 1.165) is 17.7 Å². The summed E-state index contributed by atoms with van der Waals surface area (Å²) in [5.41, 5.74) is 6.56. The number of hydrogen-bond donors (Lipinski definition) is 2. The first-order valence-electron chi connectivity index (χ1n) is 6.76. The molecule has 0 saturated carbocycles. The van der Waals surface area contributed by atoms with Crippen molar-refractivity contribution in [3.05, 3.63) is 47.0 Å². The van der Waals surface area contributed by atoms with Crippen LogP contribution in [0.2, 0.25) is 0 Å². The fraction of sp³-hybridized carbons (Fsp3) is 0.250. The normalized spacial score (nSPS) is 9.76. The molecule has 0 radical (unpaired) electrons. The summed E-state index contributed by atoms with van der Waals surface area (Å²) in [6.45, 7) is 0.319. The van der Waals surface area contributed by atoms with E-state index in [1.165, 1.54) is 16.9 Å². The minimum absolute atomic E-state index is 0.0152. The molecule has 0 spiro atoms. The first-order chi connectivity index (χ1) is 10.3. The minimum atomic E-state index is -0.0152. The van der Waals surface area contributed by atoms with E-state index in [2.05, 4.69) is 34.3 Å². The van der Waals surface area contributed by atoms with E-state index in [4.69, 9.17) is 5.73 Å². The molecule has 0 saturated heterocycles. The van der Waals surface area contributed by atoms with Crippen LogP contribution in [0.4, 0.5) is 5.13 Å². The average Bonchev–Trinajstić information content (AvgIpc) is 2.93. The number of nitrogens with two attached hydrogens (primary N) is 1. The van der Waals surface area contributed by atoms with Crippen molar-refractivity contribution in [2.45, 2.75) is 19.3 Å². The summed E-state index contributed by atoms with van der Waals surface area (Å²) >= 11 is 1.36. The number of nitrogens with one attached hydrogen (secondary N) is 1. The molecule has 5 heteroatoms. The number of aryl methyl sites for hydroxylation is 1. The van der Waals surface area contributed by atoms with Crippen molar-refractivity contribution in [2.75, 3.05) is 11.9 Å². The topological polar surface area (TPSA) is 68.0 Å². The zero-order chi connectivity index (χ0) is 14.9. The van der Waals surface area contributed by atoms with Crippen LogP contribution in [-0.2, 0) is 11.2 Å². The second-order valence-corrected chi connectivity index (χ2v) is 5.45. The summed E-state index contributed by atoms with van der Waals surface area (Å²) in [5.74, 6) is 5.64. The van der Waals surface area contributed by atoms with Crippen molar-refractivity contribution < 1.29 is 4.79 Å². The van der Waals surface area contributed by atoms with Crippen LogP contribution in [0.1, 0.15) is 23.3 Å². The standard InChI is InChI=1S/C16H17N3OS/c17-11-5-9-14-12-18-16(21-14)19-15(20)10-4-8-13-6-2-1-3-7-13/h1-3,6-7,12H,4,8,10-11,17H2,(H,18,19,20). The van der Waals surface area contributed by atoms with Gasteiger partial charge in [0.2, 0.25) is 5.91 Å². The van der Waals surface area contributed by atoms with Crippen LogP contribution in [0.3, 0.4) is 0 Å². The summed E-state index contributed by atoms with van der Waals surface area (Å²) in [4.78, 5) is 16.7. The van der Waals surface area contributed by atoms with E-state index in [0.29, 0.717) is 18.1 Å². The maximum absolute atomic E-state index is 11.8. The summed E-state index contributed by atoms with van der Waals surface area (Å²) in [6, 6.07) is 10.1. The lowest BCUT2D eigenvalue weighted by Crippen LogP contribution is -2.11. The van der Waals surface area contributed by atoms with Crippen LogP contribution in [0.25, 0.3) is 0 Å². The van der Waals surface area contributed by atoms with Gasteiger partial charge in [-0.1, -0.05) is 53.5 Å². The van der Waals surface area contributed by atoms with Crippen LogP contribution < -0.4 is 11.1 Å². The summed E-state index contributed by atoms with van der Waals surface area (Å²) < 4.78 is 0. The van der Waals surface area contributed by atoms with E-state index in [9.17, 15) is 4.79 Å². The van der Waals surface area contributed by atoms with Crippen molar-refractivity contribution in [1.82, 2.24) is 4.98 Å². The van der Waals surface area contributed by atoms with Crippen molar-refractivity contribution in [3.8, 4) is 11.8 Å². The molecule has 0 fully saturated rings. The van der Waals surface area contributed by atoms with E-state index in [-0.39, 0.29) is 5.91 Å². The fourth-order valence-electron chi connectivity index (χ4n) is 1.81. The second kappa shape index (κ2) is 8.20. The molecule has 1 aromatic heterocycles. The highest BCUT2D eigenvalue weighted by atomic mass is 32.1.